The zero-order chi connectivity index (χ0) is 19.2. The van der Waals surface area contributed by atoms with Gasteiger partial charge in [-0.15, -0.1) is 0 Å². The van der Waals surface area contributed by atoms with Gasteiger partial charge in [0.15, 0.2) is 21.3 Å². The van der Waals surface area contributed by atoms with Gasteiger partial charge in [-0.05, 0) is 44.4 Å². The first kappa shape index (κ1) is 20.4. The molecular weight excluding hydrogens is 356 g/mol. The van der Waals surface area contributed by atoms with Crippen molar-refractivity contribution in [3.63, 3.8) is 0 Å². The molecule has 1 fully saturated rings. The summed E-state index contributed by atoms with van der Waals surface area (Å²) < 4.78 is 34.1. The summed E-state index contributed by atoms with van der Waals surface area (Å²) in [5.41, 5.74) is 1.03. The lowest BCUT2D eigenvalue weighted by atomic mass is 10.1. The second-order valence-corrected chi connectivity index (χ2v) is 8.47. The minimum atomic E-state index is -3.01. The molecule has 2 amide bonds. The molecule has 1 saturated heterocycles. The first-order chi connectivity index (χ1) is 12.4. The summed E-state index contributed by atoms with van der Waals surface area (Å²) >= 11 is 0. The highest BCUT2D eigenvalue weighted by Gasteiger charge is 2.33. The van der Waals surface area contributed by atoms with Crippen LogP contribution in [0.2, 0.25) is 0 Å². The van der Waals surface area contributed by atoms with Crippen molar-refractivity contribution in [3.05, 3.63) is 23.8 Å². The third-order valence-corrected chi connectivity index (χ3v) is 6.22. The second-order valence-electron chi connectivity index (χ2n) is 6.24. The summed E-state index contributed by atoms with van der Waals surface area (Å²) in [7, 11) is -1.42. The molecular formula is C18H28N2O5S. The predicted molar refractivity (Wildman–Crippen MR) is 101 cm³/mol. The van der Waals surface area contributed by atoms with Crippen molar-refractivity contribution in [2.75, 3.05) is 38.3 Å². The van der Waals surface area contributed by atoms with Crippen molar-refractivity contribution < 1.29 is 22.7 Å². The molecule has 1 aromatic rings. The van der Waals surface area contributed by atoms with E-state index in [0.29, 0.717) is 44.0 Å². The van der Waals surface area contributed by atoms with E-state index in [0.717, 1.165) is 5.56 Å². The van der Waals surface area contributed by atoms with Gasteiger partial charge in [-0.2, -0.15) is 0 Å². The van der Waals surface area contributed by atoms with Gasteiger partial charge in [-0.1, -0.05) is 6.07 Å². The monoisotopic (exact) mass is 384 g/mol. The molecule has 146 valence electrons. The number of hydrogen-bond acceptors (Lipinski definition) is 5. The number of nitrogens with one attached hydrogen (secondary N) is 1. The lowest BCUT2D eigenvalue weighted by molar-refractivity contribution is 0.184. The minimum Gasteiger partial charge on any atom is -0.493 e. The number of amides is 2. The number of sulfone groups is 1. The van der Waals surface area contributed by atoms with Crippen molar-refractivity contribution in [1.29, 1.82) is 0 Å². The zero-order valence-corrected chi connectivity index (χ0v) is 16.5. The van der Waals surface area contributed by atoms with E-state index in [1.165, 1.54) is 0 Å². The minimum absolute atomic E-state index is 0.0599. The third-order valence-electron chi connectivity index (χ3n) is 4.47. The molecule has 8 heteroatoms. The third kappa shape index (κ3) is 5.27. The van der Waals surface area contributed by atoms with Crippen LogP contribution in [-0.4, -0.2) is 63.7 Å². The molecule has 1 N–H and O–H groups in total. The maximum atomic E-state index is 12.4. The molecule has 26 heavy (non-hydrogen) atoms. The van der Waals surface area contributed by atoms with Gasteiger partial charge >= 0.3 is 6.03 Å². The fraction of sp³-hybridized carbons (Fsp3) is 0.611. The van der Waals surface area contributed by atoms with Gasteiger partial charge in [0.05, 0.1) is 25.2 Å². The SMILES string of the molecule is CCOc1ccc(CCNC(=O)N(CC)C2CCS(=O)(=O)C2)cc1OC. The van der Waals surface area contributed by atoms with Gasteiger partial charge in [0.25, 0.3) is 0 Å². The van der Waals surface area contributed by atoms with E-state index in [1.807, 2.05) is 32.0 Å². The Morgan fingerprint density at radius 2 is 2.08 bits per heavy atom. The highest BCUT2D eigenvalue weighted by Crippen LogP contribution is 2.28. The average Bonchev–Trinajstić information content (AvgIpc) is 2.96. The van der Waals surface area contributed by atoms with Crippen LogP contribution >= 0.6 is 0 Å². The Labute approximate surface area is 155 Å². The Hall–Kier alpha value is -1.96. The molecule has 0 aromatic heterocycles. The number of benzene rings is 1. The van der Waals surface area contributed by atoms with Crippen molar-refractivity contribution in [2.24, 2.45) is 0 Å². The summed E-state index contributed by atoms with van der Waals surface area (Å²) in [6.45, 7) is 5.30. The van der Waals surface area contributed by atoms with Crippen LogP contribution in [0.4, 0.5) is 4.79 Å². The zero-order valence-electron chi connectivity index (χ0n) is 15.7. The number of methoxy groups -OCH3 is 1. The molecule has 0 bridgehead atoms. The normalized spacial score (nSPS) is 18.3. The molecule has 1 aliphatic heterocycles. The molecule has 7 nitrogen and oxygen atoms in total. The number of urea groups is 1. The van der Waals surface area contributed by atoms with Crippen LogP contribution in [0.1, 0.15) is 25.8 Å². The standard InChI is InChI=1S/C18H28N2O5S/c1-4-20(15-9-11-26(22,23)13-15)18(21)19-10-8-14-6-7-16(25-5-2)17(12-14)24-3/h6-7,12,15H,4-5,8-11,13H2,1-3H3,(H,19,21). The van der Waals surface area contributed by atoms with Crippen LogP contribution < -0.4 is 14.8 Å². The summed E-state index contributed by atoms with van der Waals surface area (Å²) in [4.78, 5) is 14.0. The highest BCUT2D eigenvalue weighted by molar-refractivity contribution is 7.91. The van der Waals surface area contributed by atoms with Gasteiger partial charge < -0.3 is 19.7 Å². The molecule has 1 aliphatic rings. The molecule has 2 rings (SSSR count). The summed E-state index contributed by atoms with van der Waals surface area (Å²) in [6.07, 6.45) is 1.16. The topological polar surface area (TPSA) is 84.9 Å². The van der Waals surface area contributed by atoms with E-state index in [4.69, 9.17) is 9.47 Å². The largest absolute Gasteiger partial charge is 0.493 e. The number of ether oxygens (including phenoxy) is 2. The van der Waals surface area contributed by atoms with Gasteiger partial charge in [0, 0.05) is 19.1 Å². The summed E-state index contributed by atoms with van der Waals surface area (Å²) in [6, 6.07) is 5.27. The Bertz CT molecular complexity index is 720. The fourth-order valence-corrected chi connectivity index (χ4v) is 4.88. The van der Waals surface area contributed by atoms with Crippen LogP contribution in [0.3, 0.4) is 0 Å². The summed E-state index contributed by atoms with van der Waals surface area (Å²) in [5, 5.41) is 2.88. The maximum Gasteiger partial charge on any atom is 0.317 e. The Morgan fingerprint density at radius 1 is 1.31 bits per heavy atom. The van der Waals surface area contributed by atoms with E-state index in [-0.39, 0.29) is 23.6 Å². The van der Waals surface area contributed by atoms with Gasteiger partial charge in [0.1, 0.15) is 0 Å². The molecule has 0 spiro atoms. The van der Waals surface area contributed by atoms with Crippen molar-refractivity contribution in [3.8, 4) is 11.5 Å². The number of hydrogen-bond donors (Lipinski definition) is 1. The molecule has 0 radical (unpaired) electrons. The summed E-state index contributed by atoms with van der Waals surface area (Å²) in [5.74, 6) is 1.59. The highest BCUT2D eigenvalue weighted by atomic mass is 32.2. The maximum absolute atomic E-state index is 12.4. The lowest BCUT2D eigenvalue weighted by Crippen LogP contribution is -2.47. The smallest absolute Gasteiger partial charge is 0.317 e. The molecule has 1 aromatic carbocycles. The lowest BCUT2D eigenvalue weighted by Gasteiger charge is -2.27. The van der Waals surface area contributed by atoms with Gasteiger partial charge in [-0.25, -0.2) is 13.2 Å². The van der Waals surface area contributed by atoms with Crippen LogP contribution in [0.15, 0.2) is 18.2 Å². The second kappa shape index (κ2) is 9.12. The Kier molecular flexibility index (Phi) is 7.14. The van der Waals surface area contributed by atoms with E-state index >= 15 is 0 Å². The number of carbonyl (C=O) groups excluding carboxylic acids is 1. The Morgan fingerprint density at radius 3 is 2.65 bits per heavy atom. The van der Waals surface area contributed by atoms with Crippen molar-refractivity contribution >= 4 is 15.9 Å². The number of carbonyl (C=O) groups is 1. The van der Waals surface area contributed by atoms with E-state index in [2.05, 4.69) is 5.32 Å². The van der Waals surface area contributed by atoms with Crippen molar-refractivity contribution in [2.45, 2.75) is 32.7 Å². The first-order valence-corrected chi connectivity index (χ1v) is 10.8. The van der Waals surface area contributed by atoms with Gasteiger partial charge in [0.2, 0.25) is 0 Å². The number of rotatable bonds is 8. The number of nitrogens with zero attached hydrogens (tertiary/aromatic N) is 1. The van der Waals surface area contributed by atoms with Crippen LogP contribution in [0.5, 0.6) is 11.5 Å². The predicted octanol–water partition coefficient (Wildman–Crippen LogP) is 1.85. The molecule has 0 aliphatic carbocycles. The quantitative estimate of drug-likeness (QED) is 0.739. The Balaban J connectivity index is 1.89. The van der Waals surface area contributed by atoms with Crippen molar-refractivity contribution in [1.82, 2.24) is 10.2 Å². The fourth-order valence-electron chi connectivity index (χ4n) is 3.15. The molecule has 1 unspecified atom stereocenters. The molecule has 1 heterocycles. The molecule has 0 saturated carbocycles. The molecule has 1 atom stereocenters. The van der Waals surface area contributed by atoms with Crippen LogP contribution in [0.25, 0.3) is 0 Å². The van der Waals surface area contributed by atoms with Crippen LogP contribution in [0, 0.1) is 0 Å². The van der Waals surface area contributed by atoms with E-state index in [9.17, 15) is 13.2 Å². The average molecular weight is 384 g/mol. The van der Waals surface area contributed by atoms with Crippen LogP contribution in [-0.2, 0) is 16.3 Å². The van der Waals surface area contributed by atoms with E-state index < -0.39 is 9.84 Å². The van der Waals surface area contributed by atoms with E-state index in [1.54, 1.807) is 12.0 Å². The first-order valence-electron chi connectivity index (χ1n) is 8.94. The van der Waals surface area contributed by atoms with Gasteiger partial charge in [-0.3, -0.25) is 0 Å².